The third kappa shape index (κ3) is 1.56. The quantitative estimate of drug-likeness (QED) is 0.744. The fraction of sp³-hybridized carbons (Fsp3) is 0.235. The van der Waals surface area contributed by atoms with E-state index in [1.54, 1.807) is 24.3 Å². The minimum Gasteiger partial charge on any atom is -0.494 e. The van der Waals surface area contributed by atoms with Gasteiger partial charge in [0, 0.05) is 23.0 Å². The van der Waals surface area contributed by atoms with Crippen molar-refractivity contribution >= 4 is 5.91 Å². The second kappa shape index (κ2) is 4.40. The maximum atomic E-state index is 11.6. The van der Waals surface area contributed by atoms with E-state index in [0.717, 1.165) is 24.0 Å². The van der Waals surface area contributed by atoms with E-state index in [2.05, 4.69) is 12.2 Å². The Hall–Kier alpha value is -2.69. The van der Waals surface area contributed by atoms with Crippen LogP contribution in [0.25, 0.3) is 5.69 Å². The maximum Gasteiger partial charge on any atom is 0.250 e. The van der Waals surface area contributed by atoms with Crippen molar-refractivity contribution in [1.29, 1.82) is 0 Å². The molecule has 112 valence electrons. The zero-order chi connectivity index (χ0) is 15.4. The molecule has 5 rings (SSSR count). The van der Waals surface area contributed by atoms with E-state index in [1.807, 2.05) is 0 Å². The SMILES string of the molecule is NC(=O)c1ccccc1-n1c(O)c2c(c1O)C1C=CC2CC1. The molecule has 2 unspecified atom stereocenters. The third-order valence-electron chi connectivity index (χ3n) is 4.71. The summed E-state index contributed by atoms with van der Waals surface area (Å²) in [6, 6.07) is 6.70. The average Bonchev–Trinajstić information content (AvgIpc) is 2.82. The minimum atomic E-state index is -0.595. The minimum absolute atomic E-state index is 0.000231. The van der Waals surface area contributed by atoms with Gasteiger partial charge >= 0.3 is 0 Å². The summed E-state index contributed by atoms with van der Waals surface area (Å²) < 4.78 is 1.34. The highest BCUT2D eigenvalue weighted by Crippen LogP contribution is 2.54. The highest BCUT2D eigenvalue weighted by Gasteiger charge is 2.38. The Kier molecular flexibility index (Phi) is 2.60. The molecule has 4 N–H and O–H groups in total. The number of carbonyl (C=O) groups is 1. The van der Waals surface area contributed by atoms with E-state index in [1.165, 1.54) is 4.57 Å². The first-order valence-electron chi connectivity index (χ1n) is 7.33. The van der Waals surface area contributed by atoms with E-state index < -0.39 is 5.91 Å². The lowest BCUT2D eigenvalue weighted by atomic mass is 9.73. The monoisotopic (exact) mass is 296 g/mol. The summed E-state index contributed by atoms with van der Waals surface area (Å²) in [5.74, 6) is -0.358. The molecule has 0 saturated heterocycles. The van der Waals surface area contributed by atoms with E-state index in [-0.39, 0.29) is 29.2 Å². The number of aromatic hydroxyl groups is 2. The molecule has 0 saturated carbocycles. The standard InChI is InChI=1S/C17H16N2O3/c18-15(20)11-3-1-2-4-12(11)19-16(21)13-9-5-6-10(8-7-9)14(13)17(19)22/h1-6,9-10,21-22H,7-8H2,(H2,18,20). The molecule has 0 spiro atoms. The maximum absolute atomic E-state index is 11.6. The summed E-state index contributed by atoms with van der Waals surface area (Å²) in [6.45, 7) is 0. The fourth-order valence-electron chi connectivity index (χ4n) is 3.72. The highest BCUT2D eigenvalue weighted by molar-refractivity contribution is 5.96. The number of hydrogen-bond acceptors (Lipinski definition) is 3. The Labute approximate surface area is 127 Å². The Morgan fingerprint density at radius 3 is 2.09 bits per heavy atom. The number of para-hydroxylation sites is 1. The highest BCUT2D eigenvalue weighted by atomic mass is 16.3. The number of rotatable bonds is 2. The number of hydrogen-bond donors (Lipinski definition) is 3. The van der Waals surface area contributed by atoms with Crippen LogP contribution in [0.5, 0.6) is 11.8 Å². The van der Waals surface area contributed by atoms with Crippen LogP contribution in [0.4, 0.5) is 0 Å². The normalized spacial score (nSPS) is 21.8. The molecule has 5 nitrogen and oxygen atoms in total. The first-order chi connectivity index (χ1) is 10.6. The number of primary amides is 1. The van der Waals surface area contributed by atoms with Gasteiger partial charge in [-0.15, -0.1) is 0 Å². The van der Waals surface area contributed by atoms with Crippen LogP contribution in [0.3, 0.4) is 0 Å². The van der Waals surface area contributed by atoms with Gasteiger partial charge in [-0.05, 0) is 25.0 Å². The van der Waals surface area contributed by atoms with Crippen LogP contribution in [-0.4, -0.2) is 20.7 Å². The molecule has 3 aliphatic rings. The van der Waals surface area contributed by atoms with Gasteiger partial charge in [-0.25, -0.2) is 0 Å². The lowest BCUT2D eigenvalue weighted by Gasteiger charge is -2.30. The van der Waals surface area contributed by atoms with Crippen molar-refractivity contribution in [1.82, 2.24) is 4.57 Å². The zero-order valence-electron chi connectivity index (χ0n) is 11.9. The lowest BCUT2D eigenvalue weighted by molar-refractivity contribution is 0.100. The number of nitrogens with zero attached hydrogens (tertiary/aromatic N) is 1. The van der Waals surface area contributed by atoms with Gasteiger partial charge in [0.1, 0.15) is 0 Å². The summed E-state index contributed by atoms with van der Waals surface area (Å²) in [6.07, 6.45) is 6.09. The van der Waals surface area contributed by atoms with Crippen LogP contribution in [0.1, 0.15) is 46.2 Å². The van der Waals surface area contributed by atoms with Gasteiger partial charge in [0.25, 0.3) is 5.91 Å². The van der Waals surface area contributed by atoms with Gasteiger partial charge < -0.3 is 15.9 Å². The van der Waals surface area contributed by atoms with Crippen molar-refractivity contribution in [3.63, 3.8) is 0 Å². The second-order valence-electron chi connectivity index (χ2n) is 5.87. The van der Waals surface area contributed by atoms with E-state index in [4.69, 9.17) is 5.73 Å². The molecule has 0 aliphatic heterocycles. The molecule has 2 aromatic rings. The summed E-state index contributed by atoms with van der Waals surface area (Å²) in [4.78, 5) is 11.6. The average molecular weight is 296 g/mol. The van der Waals surface area contributed by atoms with Crippen molar-refractivity contribution < 1.29 is 15.0 Å². The molecule has 1 aromatic heterocycles. The predicted octanol–water partition coefficient (Wildman–Crippen LogP) is 2.52. The van der Waals surface area contributed by atoms with E-state index >= 15 is 0 Å². The van der Waals surface area contributed by atoms with Crippen LogP contribution in [0, 0.1) is 0 Å². The van der Waals surface area contributed by atoms with Crippen molar-refractivity contribution in [2.24, 2.45) is 5.73 Å². The lowest BCUT2D eigenvalue weighted by Crippen LogP contribution is -2.15. The Morgan fingerprint density at radius 1 is 1.05 bits per heavy atom. The molecule has 3 aliphatic carbocycles. The smallest absolute Gasteiger partial charge is 0.250 e. The van der Waals surface area contributed by atoms with Crippen molar-refractivity contribution in [2.75, 3.05) is 0 Å². The van der Waals surface area contributed by atoms with Crippen LogP contribution in [-0.2, 0) is 0 Å². The number of carbonyl (C=O) groups excluding carboxylic acids is 1. The van der Waals surface area contributed by atoms with Gasteiger partial charge in [-0.1, -0.05) is 24.3 Å². The van der Waals surface area contributed by atoms with Gasteiger partial charge in [0.15, 0.2) is 0 Å². The summed E-state index contributed by atoms with van der Waals surface area (Å²) in [7, 11) is 0. The molecule has 1 heterocycles. The third-order valence-corrected chi connectivity index (χ3v) is 4.71. The van der Waals surface area contributed by atoms with Crippen molar-refractivity contribution in [2.45, 2.75) is 24.7 Å². The predicted molar refractivity (Wildman–Crippen MR) is 81.5 cm³/mol. The number of benzene rings is 1. The molecule has 1 amide bonds. The number of nitrogens with two attached hydrogens (primary N) is 1. The number of allylic oxidation sites excluding steroid dienone is 2. The van der Waals surface area contributed by atoms with E-state index in [9.17, 15) is 15.0 Å². The molecular weight excluding hydrogens is 280 g/mol. The topological polar surface area (TPSA) is 88.5 Å². The first kappa shape index (κ1) is 13.0. The van der Waals surface area contributed by atoms with Crippen LogP contribution >= 0.6 is 0 Å². The number of aromatic nitrogens is 1. The molecule has 22 heavy (non-hydrogen) atoms. The summed E-state index contributed by atoms with van der Waals surface area (Å²) in [5, 5.41) is 21.3. The van der Waals surface area contributed by atoms with Gasteiger partial charge in [0.2, 0.25) is 11.8 Å². The van der Waals surface area contributed by atoms with Gasteiger partial charge in [-0.2, -0.15) is 0 Å². The van der Waals surface area contributed by atoms with Crippen molar-refractivity contribution in [3.05, 3.63) is 53.1 Å². The molecule has 0 fully saturated rings. The van der Waals surface area contributed by atoms with Crippen LogP contribution in [0.2, 0.25) is 0 Å². The first-order valence-corrected chi connectivity index (χ1v) is 7.33. The molecular formula is C17H16N2O3. The second-order valence-corrected chi connectivity index (χ2v) is 5.87. The molecule has 5 heteroatoms. The van der Waals surface area contributed by atoms with E-state index in [0.29, 0.717) is 5.69 Å². The molecule has 0 radical (unpaired) electrons. The fourth-order valence-corrected chi connectivity index (χ4v) is 3.72. The number of amides is 1. The van der Waals surface area contributed by atoms with Crippen LogP contribution < -0.4 is 5.73 Å². The summed E-state index contributed by atoms with van der Waals surface area (Å²) >= 11 is 0. The molecule has 2 bridgehead atoms. The Bertz CT molecular complexity index is 782. The summed E-state index contributed by atoms with van der Waals surface area (Å²) in [5.41, 5.74) is 7.63. The molecule has 2 atom stereocenters. The Morgan fingerprint density at radius 2 is 1.59 bits per heavy atom. The van der Waals surface area contributed by atoms with Gasteiger partial charge in [-0.3, -0.25) is 9.36 Å². The van der Waals surface area contributed by atoms with Gasteiger partial charge in [0.05, 0.1) is 11.3 Å². The largest absolute Gasteiger partial charge is 0.494 e. The van der Waals surface area contributed by atoms with Crippen molar-refractivity contribution in [3.8, 4) is 17.4 Å². The number of fused-ring (bicyclic) bond motifs is 1. The zero-order valence-corrected chi connectivity index (χ0v) is 11.9. The molecule has 1 aromatic carbocycles. The Balaban J connectivity index is 2.00. The van der Waals surface area contributed by atoms with Crippen LogP contribution in [0.15, 0.2) is 36.4 Å².